The fourth-order valence-electron chi connectivity index (χ4n) is 6.94. The van der Waals surface area contributed by atoms with Crippen molar-refractivity contribution in [1.82, 2.24) is 16.0 Å². The van der Waals surface area contributed by atoms with Gasteiger partial charge in [0.25, 0.3) is 0 Å². The van der Waals surface area contributed by atoms with Crippen molar-refractivity contribution in [1.29, 1.82) is 0 Å². The summed E-state index contributed by atoms with van der Waals surface area (Å²) in [6, 6.07) is 4.68. The lowest BCUT2D eigenvalue weighted by Crippen LogP contribution is -2.53. The van der Waals surface area contributed by atoms with Gasteiger partial charge in [0.05, 0.1) is 19.3 Å². The molecule has 1 spiro atoms. The van der Waals surface area contributed by atoms with Crippen LogP contribution in [-0.2, 0) is 39.8 Å². The molecule has 48 heavy (non-hydrogen) atoms. The number of carbonyl (C=O) groups excluding carboxylic acids is 4. The topological polar surface area (TPSA) is 169 Å². The molecule has 0 aromatic heterocycles. The van der Waals surface area contributed by atoms with Crippen LogP contribution in [0.15, 0.2) is 18.2 Å². The lowest BCUT2D eigenvalue weighted by atomic mass is 9.89. The molecular formula is C34H49N3O11. The first-order chi connectivity index (χ1) is 23.2. The second-order valence-corrected chi connectivity index (χ2v) is 13.1. The van der Waals surface area contributed by atoms with Crippen molar-refractivity contribution in [3.05, 3.63) is 23.8 Å². The molecule has 1 aromatic rings. The Morgan fingerprint density at radius 1 is 0.979 bits per heavy atom. The van der Waals surface area contributed by atoms with Gasteiger partial charge in [0.1, 0.15) is 18.8 Å². The van der Waals surface area contributed by atoms with Crippen LogP contribution in [0.1, 0.15) is 89.5 Å². The van der Waals surface area contributed by atoms with Crippen LogP contribution in [0.25, 0.3) is 0 Å². The number of fused-ring (bicyclic) bond motifs is 1. The number of rotatable bonds is 12. The van der Waals surface area contributed by atoms with Gasteiger partial charge in [-0.3, -0.25) is 4.79 Å². The number of hydrogen-bond acceptors (Lipinski definition) is 11. The molecule has 3 aliphatic heterocycles. The Hall–Kier alpha value is -3.78. The van der Waals surface area contributed by atoms with E-state index in [1.807, 2.05) is 12.1 Å². The molecule has 5 rings (SSSR count). The Morgan fingerprint density at radius 2 is 1.79 bits per heavy atom. The minimum absolute atomic E-state index is 0.0687. The Balaban J connectivity index is 1.17. The molecule has 3 amide bonds. The smallest absolute Gasteiger partial charge is 0.407 e. The van der Waals surface area contributed by atoms with Crippen molar-refractivity contribution >= 4 is 24.1 Å². The van der Waals surface area contributed by atoms with E-state index < -0.39 is 48.3 Å². The normalized spacial score (nSPS) is 25.8. The van der Waals surface area contributed by atoms with E-state index in [0.717, 1.165) is 24.8 Å². The lowest BCUT2D eigenvalue weighted by molar-refractivity contribution is -0.329. The van der Waals surface area contributed by atoms with Crippen LogP contribution in [-0.4, -0.2) is 81.3 Å². The van der Waals surface area contributed by atoms with Crippen LogP contribution in [0.2, 0.25) is 0 Å². The second-order valence-electron chi connectivity index (χ2n) is 13.1. The summed E-state index contributed by atoms with van der Waals surface area (Å²) in [5.74, 6) is -0.251. The van der Waals surface area contributed by atoms with Crippen molar-refractivity contribution in [2.75, 3.05) is 27.1 Å². The zero-order valence-electron chi connectivity index (χ0n) is 27.9. The monoisotopic (exact) mass is 675 g/mol. The molecule has 1 saturated carbocycles. The summed E-state index contributed by atoms with van der Waals surface area (Å²) in [5.41, 5.74) is 0.761. The van der Waals surface area contributed by atoms with Crippen molar-refractivity contribution in [3.63, 3.8) is 0 Å². The predicted molar refractivity (Wildman–Crippen MR) is 170 cm³/mol. The maximum Gasteiger partial charge on any atom is 0.407 e. The third-order valence-corrected chi connectivity index (χ3v) is 9.37. The van der Waals surface area contributed by atoms with E-state index in [1.54, 1.807) is 13.0 Å². The number of methoxy groups -OCH3 is 1. The standard InChI is InChI=1S/C34H49N3O11/c1-22(31(39)42-2)37-29(38)14-13-25-16-27(46-33(41)36-19-24-10-6-12-28-30(24)45-21-44-28)17-34(47-25)15-7-11-26(48-34)20-43-32(40)35-18-23-8-4-3-5-9-23/h6,10,12,22-23,25-27H,3-5,7-9,11,13-21H2,1-2H3,(H,35,40)(H,36,41)(H,37,38)/t22-,25+,26+,27+,34-/m0/s1. The number of carbonyl (C=O) groups is 4. The van der Waals surface area contributed by atoms with E-state index in [4.69, 9.17) is 33.2 Å². The Bertz CT molecular complexity index is 1270. The lowest BCUT2D eigenvalue weighted by Gasteiger charge is -2.47. The van der Waals surface area contributed by atoms with Gasteiger partial charge in [-0.05, 0) is 51.0 Å². The van der Waals surface area contributed by atoms with Gasteiger partial charge in [0, 0.05) is 44.3 Å². The minimum atomic E-state index is -1.08. The van der Waals surface area contributed by atoms with Crippen LogP contribution in [0.4, 0.5) is 9.59 Å². The van der Waals surface area contributed by atoms with Crippen molar-refractivity contribution in [2.24, 2.45) is 5.92 Å². The maximum atomic E-state index is 13.0. The van der Waals surface area contributed by atoms with Gasteiger partial charge < -0.3 is 49.1 Å². The highest BCUT2D eigenvalue weighted by Gasteiger charge is 2.47. The number of esters is 1. The summed E-state index contributed by atoms with van der Waals surface area (Å²) in [6.07, 6.45) is 6.38. The number of amides is 3. The number of benzene rings is 1. The molecule has 0 radical (unpaired) electrons. The largest absolute Gasteiger partial charge is 0.467 e. The van der Waals surface area contributed by atoms with Crippen LogP contribution >= 0.6 is 0 Å². The molecule has 5 atom stereocenters. The first-order valence-corrected chi connectivity index (χ1v) is 17.2. The third-order valence-electron chi connectivity index (χ3n) is 9.37. The molecule has 0 unspecified atom stereocenters. The fraction of sp³-hybridized carbons (Fsp3) is 0.706. The molecule has 1 aliphatic carbocycles. The van der Waals surface area contributed by atoms with Gasteiger partial charge >= 0.3 is 18.2 Å². The molecule has 3 fully saturated rings. The van der Waals surface area contributed by atoms with Crippen LogP contribution < -0.4 is 25.4 Å². The highest BCUT2D eigenvalue weighted by Crippen LogP contribution is 2.41. The van der Waals surface area contributed by atoms with Gasteiger partial charge in [0.2, 0.25) is 12.7 Å². The minimum Gasteiger partial charge on any atom is -0.467 e. The molecule has 3 N–H and O–H groups in total. The average molecular weight is 676 g/mol. The summed E-state index contributed by atoms with van der Waals surface area (Å²) in [6.45, 7) is 2.54. The summed E-state index contributed by atoms with van der Waals surface area (Å²) in [5, 5.41) is 8.32. The molecule has 4 aliphatic rings. The SMILES string of the molecule is COC(=O)[C@H](C)NC(=O)CC[C@@H]1C[C@@H](OC(=O)NCc2cccc3c2OCO3)C[C@@]2(CCC[C@H](COC(=O)NCC3CCCCC3)O2)O1. The number of alkyl carbamates (subject to hydrolysis) is 2. The van der Waals surface area contributed by atoms with Gasteiger partial charge in [0.15, 0.2) is 17.3 Å². The third kappa shape index (κ3) is 10.1. The van der Waals surface area contributed by atoms with Crippen molar-refractivity contribution in [2.45, 2.75) is 121 Å². The first kappa shape index (κ1) is 35.5. The van der Waals surface area contributed by atoms with Crippen LogP contribution in [0, 0.1) is 5.92 Å². The maximum absolute atomic E-state index is 13.0. The molecule has 2 saturated heterocycles. The quantitative estimate of drug-likeness (QED) is 0.214. The molecule has 14 heteroatoms. The molecular weight excluding hydrogens is 626 g/mol. The average Bonchev–Trinajstić information content (AvgIpc) is 3.58. The molecule has 14 nitrogen and oxygen atoms in total. The van der Waals surface area contributed by atoms with Crippen molar-refractivity contribution in [3.8, 4) is 11.5 Å². The summed E-state index contributed by atoms with van der Waals surface area (Å²) in [4.78, 5) is 49.8. The molecule has 0 bridgehead atoms. The molecule has 1 aromatic carbocycles. The number of hydrogen-bond donors (Lipinski definition) is 3. The zero-order valence-corrected chi connectivity index (χ0v) is 27.9. The fourth-order valence-corrected chi connectivity index (χ4v) is 6.94. The first-order valence-electron chi connectivity index (χ1n) is 17.2. The number of nitrogens with one attached hydrogen (secondary N) is 3. The number of ether oxygens (including phenoxy) is 7. The highest BCUT2D eigenvalue weighted by molar-refractivity contribution is 5.84. The molecule has 266 valence electrons. The summed E-state index contributed by atoms with van der Waals surface area (Å²) >= 11 is 0. The second kappa shape index (κ2) is 17.0. The van der Waals surface area contributed by atoms with Crippen LogP contribution in [0.5, 0.6) is 11.5 Å². The van der Waals surface area contributed by atoms with E-state index in [1.165, 1.54) is 26.4 Å². The van der Waals surface area contributed by atoms with Gasteiger partial charge in [-0.1, -0.05) is 31.4 Å². The van der Waals surface area contributed by atoms with E-state index in [9.17, 15) is 19.2 Å². The Labute approximate surface area is 281 Å². The van der Waals surface area contributed by atoms with E-state index in [2.05, 4.69) is 16.0 Å². The van der Waals surface area contributed by atoms with Gasteiger partial charge in [-0.15, -0.1) is 0 Å². The summed E-state index contributed by atoms with van der Waals surface area (Å²) < 4.78 is 40.0. The Morgan fingerprint density at radius 3 is 2.60 bits per heavy atom. The van der Waals surface area contributed by atoms with Gasteiger partial charge in [-0.2, -0.15) is 0 Å². The number of para-hydroxylation sites is 1. The van der Waals surface area contributed by atoms with E-state index in [-0.39, 0.29) is 38.7 Å². The summed E-state index contributed by atoms with van der Waals surface area (Å²) in [7, 11) is 1.26. The molecule has 3 heterocycles. The zero-order chi connectivity index (χ0) is 33.9. The van der Waals surface area contributed by atoms with Crippen molar-refractivity contribution < 1.29 is 52.3 Å². The Kier molecular flexibility index (Phi) is 12.6. The highest BCUT2D eigenvalue weighted by atomic mass is 16.7. The van der Waals surface area contributed by atoms with Gasteiger partial charge in [-0.25, -0.2) is 14.4 Å². The van der Waals surface area contributed by atoms with Crippen LogP contribution in [0.3, 0.4) is 0 Å². The predicted octanol–water partition coefficient (Wildman–Crippen LogP) is 4.22. The van der Waals surface area contributed by atoms with E-state index >= 15 is 0 Å². The van der Waals surface area contributed by atoms with E-state index in [0.29, 0.717) is 49.6 Å².